The molecule has 0 saturated heterocycles. The Hall–Kier alpha value is -1.52. The van der Waals surface area contributed by atoms with Gasteiger partial charge in [-0.1, -0.05) is 12.1 Å². The van der Waals surface area contributed by atoms with E-state index in [1.54, 1.807) is 18.3 Å². The van der Waals surface area contributed by atoms with Crippen LogP contribution in [0.2, 0.25) is 0 Å². The quantitative estimate of drug-likeness (QED) is 0.904. The Bertz CT molecular complexity index is 546. The summed E-state index contributed by atoms with van der Waals surface area (Å²) in [5, 5.41) is 12.6. The smallest absolute Gasteiger partial charge is 0.161 e. The van der Waals surface area contributed by atoms with Gasteiger partial charge in [0.15, 0.2) is 11.5 Å². The van der Waals surface area contributed by atoms with Gasteiger partial charge in [-0.15, -0.1) is 11.3 Å². The predicted octanol–water partition coefficient (Wildman–Crippen LogP) is 2.78. The maximum absolute atomic E-state index is 10.7. The van der Waals surface area contributed by atoms with Crippen LogP contribution in [-0.2, 0) is 5.60 Å². The highest BCUT2D eigenvalue weighted by molar-refractivity contribution is 7.10. The van der Waals surface area contributed by atoms with Crippen LogP contribution in [0.15, 0.2) is 35.7 Å². The lowest BCUT2D eigenvalue weighted by Crippen LogP contribution is -2.22. The minimum Gasteiger partial charge on any atom is -0.486 e. The summed E-state index contributed by atoms with van der Waals surface area (Å²) in [6, 6.07) is 9.46. The van der Waals surface area contributed by atoms with Crippen molar-refractivity contribution in [2.45, 2.75) is 12.5 Å². The Morgan fingerprint density at radius 3 is 2.67 bits per heavy atom. The summed E-state index contributed by atoms with van der Waals surface area (Å²) < 4.78 is 11.0. The van der Waals surface area contributed by atoms with E-state index >= 15 is 0 Å². The molecule has 1 aliphatic heterocycles. The van der Waals surface area contributed by atoms with Crippen molar-refractivity contribution in [2.24, 2.45) is 0 Å². The fraction of sp³-hybridized carbons (Fsp3) is 0.286. The second-order valence-corrected chi connectivity index (χ2v) is 5.36. The van der Waals surface area contributed by atoms with Crippen LogP contribution in [-0.4, -0.2) is 18.3 Å². The first kappa shape index (κ1) is 11.6. The molecule has 3 rings (SSSR count). The Labute approximate surface area is 110 Å². The molecule has 4 heteroatoms. The van der Waals surface area contributed by atoms with E-state index in [9.17, 15) is 5.11 Å². The first-order chi connectivity index (χ1) is 8.68. The zero-order valence-corrected chi connectivity index (χ0v) is 10.9. The van der Waals surface area contributed by atoms with Crippen molar-refractivity contribution in [3.8, 4) is 11.5 Å². The third-order valence-corrected chi connectivity index (χ3v) is 4.19. The molecule has 1 atom stereocenters. The van der Waals surface area contributed by atoms with Crippen LogP contribution in [0.1, 0.15) is 17.4 Å². The van der Waals surface area contributed by atoms with Gasteiger partial charge < -0.3 is 14.6 Å². The fourth-order valence-corrected chi connectivity index (χ4v) is 2.85. The molecule has 1 aliphatic rings. The van der Waals surface area contributed by atoms with E-state index in [-0.39, 0.29) is 0 Å². The van der Waals surface area contributed by atoms with Gasteiger partial charge in [-0.05, 0) is 36.1 Å². The molecule has 1 N–H and O–H groups in total. The fourth-order valence-electron chi connectivity index (χ4n) is 2.04. The van der Waals surface area contributed by atoms with Gasteiger partial charge in [0, 0.05) is 4.88 Å². The number of thiophene rings is 1. The number of aliphatic hydroxyl groups is 1. The molecule has 0 aliphatic carbocycles. The van der Waals surface area contributed by atoms with E-state index in [4.69, 9.17) is 9.47 Å². The SMILES string of the molecule is CC(O)(c1ccc2c(c1)OCCO2)c1cccs1. The third-order valence-electron chi connectivity index (χ3n) is 3.11. The first-order valence-electron chi connectivity index (χ1n) is 5.84. The normalized spacial score (nSPS) is 17.2. The van der Waals surface area contributed by atoms with Gasteiger partial charge >= 0.3 is 0 Å². The highest BCUT2D eigenvalue weighted by Crippen LogP contribution is 2.38. The molecule has 1 aromatic carbocycles. The standard InChI is InChI=1S/C14H14O3S/c1-14(15,13-3-2-8-18-13)10-4-5-11-12(9-10)17-7-6-16-11/h2-5,8-9,15H,6-7H2,1H3. The molecule has 0 fully saturated rings. The molecule has 0 saturated carbocycles. The lowest BCUT2D eigenvalue weighted by molar-refractivity contribution is 0.105. The lowest BCUT2D eigenvalue weighted by Gasteiger charge is -2.25. The van der Waals surface area contributed by atoms with Crippen LogP contribution >= 0.6 is 11.3 Å². The van der Waals surface area contributed by atoms with Gasteiger partial charge in [-0.3, -0.25) is 0 Å². The average molecular weight is 262 g/mol. The van der Waals surface area contributed by atoms with Crippen molar-refractivity contribution >= 4 is 11.3 Å². The van der Waals surface area contributed by atoms with Gasteiger partial charge in [0.2, 0.25) is 0 Å². The van der Waals surface area contributed by atoms with E-state index in [0.717, 1.165) is 16.2 Å². The van der Waals surface area contributed by atoms with Crippen molar-refractivity contribution in [2.75, 3.05) is 13.2 Å². The molecular weight excluding hydrogens is 248 g/mol. The molecule has 94 valence electrons. The largest absolute Gasteiger partial charge is 0.486 e. The molecule has 0 bridgehead atoms. The monoisotopic (exact) mass is 262 g/mol. The summed E-state index contributed by atoms with van der Waals surface area (Å²) in [7, 11) is 0. The number of hydrogen-bond donors (Lipinski definition) is 1. The van der Waals surface area contributed by atoms with Crippen LogP contribution in [0.25, 0.3) is 0 Å². The van der Waals surface area contributed by atoms with Crippen LogP contribution in [0.3, 0.4) is 0 Å². The predicted molar refractivity (Wildman–Crippen MR) is 70.4 cm³/mol. The Kier molecular flexibility index (Phi) is 2.76. The minimum absolute atomic E-state index is 0.553. The van der Waals surface area contributed by atoms with E-state index in [2.05, 4.69) is 0 Å². The van der Waals surface area contributed by atoms with Gasteiger partial charge in [-0.25, -0.2) is 0 Å². The van der Waals surface area contributed by atoms with Crippen molar-refractivity contribution in [3.05, 3.63) is 46.2 Å². The van der Waals surface area contributed by atoms with Crippen LogP contribution in [0, 0.1) is 0 Å². The summed E-state index contributed by atoms with van der Waals surface area (Å²) >= 11 is 1.54. The van der Waals surface area contributed by atoms with Crippen molar-refractivity contribution < 1.29 is 14.6 Å². The third kappa shape index (κ3) is 1.87. The van der Waals surface area contributed by atoms with E-state index in [0.29, 0.717) is 19.0 Å². The summed E-state index contributed by atoms with van der Waals surface area (Å²) in [5.41, 5.74) is -0.182. The molecule has 1 unspecified atom stereocenters. The minimum atomic E-state index is -0.996. The second kappa shape index (κ2) is 4.30. The number of ether oxygens (including phenoxy) is 2. The highest BCUT2D eigenvalue weighted by Gasteiger charge is 2.28. The first-order valence-corrected chi connectivity index (χ1v) is 6.72. The second-order valence-electron chi connectivity index (χ2n) is 4.41. The summed E-state index contributed by atoms with van der Waals surface area (Å²) in [6.45, 7) is 2.93. The maximum atomic E-state index is 10.7. The van der Waals surface area contributed by atoms with Crippen molar-refractivity contribution in [1.29, 1.82) is 0 Å². The van der Waals surface area contributed by atoms with Crippen LogP contribution < -0.4 is 9.47 Å². The van der Waals surface area contributed by atoms with Crippen LogP contribution in [0.5, 0.6) is 11.5 Å². The van der Waals surface area contributed by atoms with E-state index < -0.39 is 5.60 Å². The van der Waals surface area contributed by atoms with E-state index in [1.165, 1.54) is 0 Å². The lowest BCUT2D eigenvalue weighted by atomic mass is 9.94. The van der Waals surface area contributed by atoms with Crippen molar-refractivity contribution in [3.63, 3.8) is 0 Å². The molecule has 18 heavy (non-hydrogen) atoms. The molecule has 0 amide bonds. The Balaban J connectivity index is 2.02. The zero-order chi connectivity index (χ0) is 12.6. The average Bonchev–Trinajstić information content (AvgIpc) is 2.92. The Morgan fingerprint density at radius 1 is 1.17 bits per heavy atom. The summed E-state index contributed by atoms with van der Waals surface area (Å²) in [4.78, 5) is 0.916. The summed E-state index contributed by atoms with van der Waals surface area (Å²) in [5.74, 6) is 1.45. The van der Waals surface area contributed by atoms with Gasteiger partial charge in [-0.2, -0.15) is 0 Å². The molecular formula is C14H14O3S. The number of fused-ring (bicyclic) bond motifs is 1. The zero-order valence-electron chi connectivity index (χ0n) is 10.1. The maximum Gasteiger partial charge on any atom is 0.161 e. The molecule has 0 spiro atoms. The van der Waals surface area contributed by atoms with E-state index in [1.807, 2.05) is 35.7 Å². The molecule has 2 heterocycles. The number of hydrogen-bond acceptors (Lipinski definition) is 4. The van der Waals surface area contributed by atoms with Gasteiger partial charge in [0.1, 0.15) is 18.8 Å². The molecule has 1 aromatic heterocycles. The number of rotatable bonds is 2. The summed E-state index contributed by atoms with van der Waals surface area (Å²) in [6.07, 6.45) is 0. The van der Waals surface area contributed by atoms with Crippen molar-refractivity contribution in [1.82, 2.24) is 0 Å². The molecule has 2 aromatic rings. The number of benzene rings is 1. The Morgan fingerprint density at radius 2 is 1.94 bits per heavy atom. The molecule has 3 nitrogen and oxygen atoms in total. The topological polar surface area (TPSA) is 38.7 Å². The van der Waals surface area contributed by atoms with Gasteiger partial charge in [0.05, 0.1) is 0 Å². The molecule has 0 radical (unpaired) electrons. The van der Waals surface area contributed by atoms with Gasteiger partial charge in [0.25, 0.3) is 0 Å². The highest BCUT2D eigenvalue weighted by atomic mass is 32.1. The van der Waals surface area contributed by atoms with Crippen LogP contribution in [0.4, 0.5) is 0 Å².